The van der Waals surface area contributed by atoms with E-state index in [2.05, 4.69) is 17.1 Å². The van der Waals surface area contributed by atoms with Crippen molar-refractivity contribution in [1.29, 1.82) is 0 Å². The molecule has 0 N–H and O–H groups in total. The molecule has 4 rings (SSSR count). The Morgan fingerprint density at radius 2 is 1.97 bits per heavy atom. The van der Waals surface area contributed by atoms with Crippen molar-refractivity contribution in [2.24, 2.45) is 0 Å². The van der Waals surface area contributed by atoms with Crippen LogP contribution >= 0.6 is 11.3 Å². The Labute approximate surface area is 183 Å². The van der Waals surface area contributed by atoms with Crippen LogP contribution in [0.3, 0.4) is 0 Å². The van der Waals surface area contributed by atoms with Crippen LogP contribution in [-0.2, 0) is 6.54 Å². The first-order valence-corrected chi connectivity index (χ1v) is 10.5. The predicted octanol–water partition coefficient (Wildman–Crippen LogP) is 5.37. The van der Waals surface area contributed by atoms with Crippen molar-refractivity contribution in [2.75, 3.05) is 4.90 Å². The summed E-state index contributed by atoms with van der Waals surface area (Å²) in [6.45, 7) is 5.87. The van der Waals surface area contributed by atoms with Crippen molar-refractivity contribution in [3.8, 4) is 0 Å². The topological polar surface area (TPSA) is 89.2 Å². The van der Waals surface area contributed by atoms with Gasteiger partial charge in [-0.2, -0.15) is 0 Å². The van der Waals surface area contributed by atoms with Crippen LogP contribution in [0.1, 0.15) is 32.6 Å². The highest BCUT2D eigenvalue weighted by molar-refractivity contribution is 7.22. The highest BCUT2D eigenvalue weighted by atomic mass is 32.1. The molecule has 31 heavy (non-hydrogen) atoms. The van der Waals surface area contributed by atoms with Gasteiger partial charge in [-0.25, -0.2) is 4.98 Å². The maximum atomic E-state index is 13.6. The molecular weight excluding hydrogens is 412 g/mol. The normalized spacial score (nSPS) is 10.9. The third-order valence-electron chi connectivity index (χ3n) is 5.09. The minimum Gasteiger partial charge on any atom is -0.279 e. The van der Waals surface area contributed by atoms with Crippen LogP contribution in [-0.4, -0.2) is 20.8 Å². The van der Waals surface area contributed by atoms with Gasteiger partial charge in [-0.3, -0.25) is 24.8 Å². The Kier molecular flexibility index (Phi) is 5.48. The number of hydrogen-bond donors (Lipinski definition) is 0. The van der Waals surface area contributed by atoms with Crippen LogP contribution in [0.25, 0.3) is 10.2 Å². The summed E-state index contributed by atoms with van der Waals surface area (Å²) in [4.78, 5) is 35.0. The lowest BCUT2D eigenvalue weighted by atomic mass is 10.1. The molecule has 0 aliphatic heterocycles. The highest BCUT2D eigenvalue weighted by Gasteiger charge is 2.26. The van der Waals surface area contributed by atoms with Gasteiger partial charge < -0.3 is 0 Å². The van der Waals surface area contributed by atoms with Gasteiger partial charge in [0, 0.05) is 29.6 Å². The molecule has 0 saturated carbocycles. The lowest BCUT2D eigenvalue weighted by Gasteiger charge is -2.21. The van der Waals surface area contributed by atoms with Gasteiger partial charge >= 0.3 is 0 Å². The first-order valence-electron chi connectivity index (χ1n) is 9.67. The van der Waals surface area contributed by atoms with E-state index < -0.39 is 4.92 Å². The fourth-order valence-electron chi connectivity index (χ4n) is 3.57. The molecule has 7 nitrogen and oxygen atoms in total. The third kappa shape index (κ3) is 4.02. The van der Waals surface area contributed by atoms with E-state index in [1.807, 2.05) is 26.0 Å². The van der Waals surface area contributed by atoms with E-state index in [9.17, 15) is 14.9 Å². The lowest BCUT2D eigenvalue weighted by molar-refractivity contribution is -0.385. The molecule has 0 aliphatic carbocycles. The molecule has 0 spiro atoms. The SMILES string of the molecule is Cc1cc(C)c2nc(N(Cc3cccnc3)C(=O)c3cccc([N+](=O)[O-])c3C)sc2c1. The van der Waals surface area contributed by atoms with Gasteiger partial charge in [0.2, 0.25) is 0 Å². The second-order valence-electron chi connectivity index (χ2n) is 7.38. The molecule has 4 aromatic rings. The van der Waals surface area contributed by atoms with Gasteiger partial charge in [-0.1, -0.05) is 29.5 Å². The maximum Gasteiger partial charge on any atom is 0.273 e. The number of fused-ring (bicyclic) bond motifs is 1. The minimum atomic E-state index is -0.471. The summed E-state index contributed by atoms with van der Waals surface area (Å²) in [7, 11) is 0. The molecule has 156 valence electrons. The molecule has 0 radical (unpaired) electrons. The first kappa shape index (κ1) is 20.6. The second-order valence-corrected chi connectivity index (χ2v) is 8.39. The zero-order valence-electron chi connectivity index (χ0n) is 17.3. The van der Waals surface area contributed by atoms with E-state index >= 15 is 0 Å². The monoisotopic (exact) mass is 432 g/mol. The Balaban J connectivity index is 1.84. The van der Waals surface area contributed by atoms with E-state index in [-0.39, 0.29) is 23.7 Å². The number of hydrogen-bond acceptors (Lipinski definition) is 6. The second kappa shape index (κ2) is 8.23. The number of thiazole rings is 1. The standard InChI is InChI=1S/C23H20N4O3S/c1-14-10-15(2)21-20(11-14)31-23(25-21)26(13-17-6-5-9-24-12-17)22(28)18-7-4-8-19(16(18)3)27(29)30/h4-12H,13H2,1-3H3. The zero-order valence-corrected chi connectivity index (χ0v) is 18.1. The summed E-state index contributed by atoms with van der Waals surface area (Å²) >= 11 is 1.43. The number of carbonyl (C=O) groups excluding carboxylic acids is 1. The summed E-state index contributed by atoms with van der Waals surface area (Å²) in [5, 5.41) is 11.9. The molecule has 2 aromatic heterocycles. The number of aryl methyl sites for hydroxylation is 2. The van der Waals surface area contributed by atoms with E-state index in [1.54, 1.807) is 30.3 Å². The molecule has 8 heteroatoms. The number of nitro groups is 1. The van der Waals surface area contributed by atoms with E-state index in [4.69, 9.17) is 4.98 Å². The summed E-state index contributed by atoms with van der Waals surface area (Å²) < 4.78 is 0.993. The number of aromatic nitrogens is 2. The maximum absolute atomic E-state index is 13.6. The fraction of sp³-hybridized carbons (Fsp3) is 0.174. The number of pyridine rings is 1. The van der Waals surface area contributed by atoms with Crippen molar-refractivity contribution in [1.82, 2.24) is 9.97 Å². The van der Waals surface area contributed by atoms with Gasteiger partial charge in [0.25, 0.3) is 11.6 Å². The smallest absolute Gasteiger partial charge is 0.273 e. The molecule has 2 aromatic carbocycles. The number of carbonyl (C=O) groups is 1. The Morgan fingerprint density at radius 3 is 2.68 bits per heavy atom. The van der Waals surface area contributed by atoms with Crippen molar-refractivity contribution < 1.29 is 9.72 Å². The molecule has 0 saturated heterocycles. The summed E-state index contributed by atoms with van der Waals surface area (Å²) in [5.41, 5.74) is 4.39. The largest absolute Gasteiger partial charge is 0.279 e. The average molecular weight is 433 g/mol. The van der Waals surface area contributed by atoms with E-state index in [0.717, 1.165) is 26.9 Å². The van der Waals surface area contributed by atoms with Crippen LogP contribution in [0.5, 0.6) is 0 Å². The van der Waals surface area contributed by atoms with Crippen LogP contribution in [0, 0.1) is 30.9 Å². The van der Waals surface area contributed by atoms with Crippen LogP contribution in [0.4, 0.5) is 10.8 Å². The summed E-state index contributed by atoms with van der Waals surface area (Å²) in [6, 6.07) is 12.4. The van der Waals surface area contributed by atoms with Gasteiger partial charge in [0.05, 0.1) is 21.7 Å². The van der Waals surface area contributed by atoms with Crippen molar-refractivity contribution >= 4 is 38.3 Å². The summed E-state index contributed by atoms with van der Waals surface area (Å²) in [5.74, 6) is -0.335. The Hall–Kier alpha value is -3.65. The van der Waals surface area contributed by atoms with Crippen LogP contribution in [0.15, 0.2) is 54.9 Å². The summed E-state index contributed by atoms with van der Waals surface area (Å²) in [6.07, 6.45) is 3.37. The van der Waals surface area contributed by atoms with Gasteiger partial charge in [-0.05, 0) is 55.7 Å². The van der Waals surface area contributed by atoms with Gasteiger partial charge in [0.15, 0.2) is 5.13 Å². The average Bonchev–Trinajstić information content (AvgIpc) is 3.16. The number of nitro benzene ring substituents is 1. The highest BCUT2D eigenvalue weighted by Crippen LogP contribution is 2.34. The first-order chi connectivity index (χ1) is 14.8. The van der Waals surface area contributed by atoms with Gasteiger partial charge in [-0.15, -0.1) is 0 Å². The number of anilines is 1. The Morgan fingerprint density at radius 1 is 1.16 bits per heavy atom. The predicted molar refractivity (Wildman–Crippen MR) is 122 cm³/mol. The molecule has 0 fully saturated rings. The Bertz CT molecular complexity index is 1300. The molecule has 0 unspecified atom stereocenters. The third-order valence-corrected chi connectivity index (χ3v) is 6.12. The molecule has 0 aliphatic rings. The minimum absolute atomic E-state index is 0.0806. The number of amides is 1. The number of rotatable bonds is 5. The molecule has 2 heterocycles. The fourth-order valence-corrected chi connectivity index (χ4v) is 4.71. The van der Waals surface area contributed by atoms with Gasteiger partial charge in [0.1, 0.15) is 0 Å². The molecule has 0 atom stereocenters. The zero-order chi connectivity index (χ0) is 22.1. The van der Waals surface area contributed by atoms with E-state index in [0.29, 0.717) is 10.7 Å². The van der Waals surface area contributed by atoms with Crippen molar-refractivity contribution in [2.45, 2.75) is 27.3 Å². The number of benzene rings is 2. The van der Waals surface area contributed by atoms with E-state index in [1.165, 1.54) is 23.5 Å². The molecular formula is C23H20N4O3S. The molecule has 0 bridgehead atoms. The lowest BCUT2D eigenvalue weighted by Crippen LogP contribution is -2.31. The van der Waals surface area contributed by atoms with Crippen LogP contribution in [0.2, 0.25) is 0 Å². The molecule has 1 amide bonds. The number of nitrogens with zero attached hydrogens (tertiary/aromatic N) is 4. The van der Waals surface area contributed by atoms with Crippen molar-refractivity contribution in [3.63, 3.8) is 0 Å². The quantitative estimate of drug-likeness (QED) is 0.312. The van der Waals surface area contributed by atoms with Crippen molar-refractivity contribution in [3.05, 3.63) is 92.8 Å². The van der Waals surface area contributed by atoms with Crippen LogP contribution < -0.4 is 4.90 Å².